The molecule has 2 heterocycles. The van der Waals surface area contributed by atoms with Gasteiger partial charge in [-0.05, 0) is 39.7 Å². The van der Waals surface area contributed by atoms with Gasteiger partial charge in [0.15, 0.2) is 11.5 Å². The van der Waals surface area contributed by atoms with Crippen molar-refractivity contribution in [3.05, 3.63) is 46.1 Å². The number of fused-ring (bicyclic) bond motifs is 1. The van der Waals surface area contributed by atoms with E-state index < -0.39 is 6.10 Å². The molecule has 0 amide bonds. The van der Waals surface area contributed by atoms with Gasteiger partial charge in [-0.1, -0.05) is 6.07 Å². The second-order valence-corrected chi connectivity index (χ2v) is 5.62. The minimum absolute atomic E-state index is 0.313. The topological polar surface area (TPSA) is 77.6 Å². The molecule has 1 aliphatic rings. The van der Waals surface area contributed by atoms with Gasteiger partial charge in [0.05, 0.1) is 17.7 Å². The summed E-state index contributed by atoms with van der Waals surface area (Å²) in [5.41, 5.74) is 7.06. The molecular weight excluding hydrogens is 336 g/mol. The van der Waals surface area contributed by atoms with E-state index in [9.17, 15) is 5.11 Å². The van der Waals surface area contributed by atoms with Crippen LogP contribution in [0.4, 0.5) is 5.82 Å². The quantitative estimate of drug-likeness (QED) is 0.870. The summed E-state index contributed by atoms with van der Waals surface area (Å²) in [6.07, 6.45) is 1.55. The van der Waals surface area contributed by atoms with E-state index in [1.807, 2.05) is 6.07 Å². The van der Waals surface area contributed by atoms with Crippen LogP contribution >= 0.6 is 15.9 Å². The highest BCUT2D eigenvalue weighted by Crippen LogP contribution is 2.40. The molecular formula is C15H15BrN2O3. The summed E-state index contributed by atoms with van der Waals surface area (Å²) in [4.78, 5) is 4.00. The van der Waals surface area contributed by atoms with Crippen LogP contribution in [0.3, 0.4) is 0 Å². The molecule has 0 spiro atoms. The molecule has 1 aliphatic heterocycles. The summed E-state index contributed by atoms with van der Waals surface area (Å²) in [6.45, 7) is 1.21. The van der Waals surface area contributed by atoms with E-state index in [0.717, 1.165) is 10.9 Å². The van der Waals surface area contributed by atoms with Crippen molar-refractivity contribution >= 4 is 21.7 Å². The van der Waals surface area contributed by atoms with Crippen LogP contribution in [-0.2, 0) is 0 Å². The molecule has 0 saturated carbocycles. The molecule has 110 valence electrons. The van der Waals surface area contributed by atoms with Crippen molar-refractivity contribution in [1.29, 1.82) is 0 Å². The van der Waals surface area contributed by atoms with Gasteiger partial charge in [-0.3, -0.25) is 0 Å². The van der Waals surface area contributed by atoms with Crippen LogP contribution in [-0.4, -0.2) is 23.3 Å². The van der Waals surface area contributed by atoms with Crippen LogP contribution in [0.15, 0.2) is 34.9 Å². The highest BCUT2D eigenvalue weighted by Gasteiger charge is 2.20. The lowest BCUT2D eigenvalue weighted by Crippen LogP contribution is -2.06. The third-order valence-electron chi connectivity index (χ3n) is 3.31. The number of aromatic nitrogens is 1. The molecule has 6 heteroatoms. The Balaban J connectivity index is 2.01. The maximum atomic E-state index is 10.5. The van der Waals surface area contributed by atoms with Crippen molar-refractivity contribution in [3.63, 3.8) is 0 Å². The van der Waals surface area contributed by atoms with E-state index in [2.05, 4.69) is 20.9 Å². The minimum Gasteiger partial charge on any atom is -0.490 e. The van der Waals surface area contributed by atoms with Crippen molar-refractivity contribution in [3.8, 4) is 11.5 Å². The fraction of sp³-hybridized carbons (Fsp3) is 0.267. The Morgan fingerprint density at radius 2 is 2.10 bits per heavy atom. The molecule has 3 rings (SSSR count). The van der Waals surface area contributed by atoms with Gasteiger partial charge < -0.3 is 20.3 Å². The lowest BCUT2D eigenvalue weighted by Gasteiger charge is -2.16. The average Bonchev–Trinajstić information content (AvgIpc) is 2.72. The third-order valence-corrected chi connectivity index (χ3v) is 3.90. The number of ether oxygens (including phenoxy) is 2. The summed E-state index contributed by atoms with van der Waals surface area (Å²) in [6, 6.07) is 7.09. The molecule has 0 fully saturated rings. The van der Waals surface area contributed by atoms with Gasteiger partial charge in [0.1, 0.15) is 11.9 Å². The molecule has 0 bridgehead atoms. The first kappa shape index (κ1) is 14.2. The zero-order valence-corrected chi connectivity index (χ0v) is 12.8. The number of anilines is 1. The van der Waals surface area contributed by atoms with E-state index in [4.69, 9.17) is 15.2 Å². The number of nitrogens with two attached hydrogens (primary N) is 1. The number of pyridine rings is 1. The van der Waals surface area contributed by atoms with E-state index >= 15 is 0 Å². The summed E-state index contributed by atoms with van der Waals surface area (Å²) in [5.74, 6) is 1.61. The van der Waals surface area contributed by atoms with Crippen molar-refractivity contribution in [1.82, 2.24) is 4.98 Å². The Morgan fingerprint density at radius 1 is 1.29 bits per heavy atom. The van der Waals surface area contributed by atoms with Gasteiger partial charge in [0.25, 0.3) is 0 Å². The zero-order chi connectivity index (χ0) is 14.8. The highest BCUT2D eigenvalue weighted by atomic mass is 79.9. The number of aliphatic hydroxyl groups is 1. The number of nitrogen functional groups attached to an aromatic ring is 1. The van der Waals surface area contributed by atoms with E-state index in [-0.39, 0.29) is 0 Å². The smallest absolute Gasteiger partial charge is 0.175 e. The fourth-order valence-electron chi connectivity index (χ4n) is 2.25. The fourth-order valence-corrected chi connectivity index (χ4v) is 2.82. The molecule has 1 unspecified atom stereocenters. The second kappa shape index (κ2) is 5.91. The molecule has 0 radical (unpaired) electrons. The lowest BCUT2D eigenvalue weighted by atomic mass is 10.0. The molecule has 0 saturated heterocycles. The van der Waals surface area contributed by atoms with Crippen LogP contribution in [0.25, 0.3) is 0 Å². The molecule has 0 aliphatic carbocycles. The van der Waals surface area contributed by atoms with Gasteiger partial charge in [0.2, 0.25) is 0 Å². The number of hydrogen-bond acceptors (Lipinski definition) is 5. The van der Waals surface area contributed by atoms with Crippen LogP contribution in [0.5, 0.6) is 11.5 Å². The Bertz CT molecular complexity index is 663. The number of nitrogens with zero attached hydrogens (tertiary/aromatic N) is 1. The Hall–Kier alpha value is -1.79. The first-order valence-corrected chi connectivity index (χ1v) is 7.43. The lowest BCUT2D eigenvalue weighted by molar-refractivity contribution is 0.219. The van der Waals surface area contributed by atoms with Crippen LogP contribution < -0.4 is 15.2 Å². The first-order chi connectivity index (χ1) is 10.2. The van der Waals surface area contributed by atoms with Crippen LogP contribution in [0.1, 0.15) is 23.7 Å². The van der Waals surface area contributed by atoms with Crippen molar-refractivity contribution < 1.29 is 14.6 Å². The van der Waals surface area contributed by atoms with Crippen LogP contribution in [0.2, 0.25) is 0 Å². The molecule has 3 N–H and O–H groups in total. The Morgan fingerprint density at radius 3 is 2.90 bits per heavy atom. The largest absolute Gasteiger partial charge is 0.490 e. The molecule has 2 aromatic rings. The second-order valence-electron chi connectivity index (χ2n) is 4.76. The Kier molecular flexibility index (Phi) is 3.98. The number of hydrogen-bond donors (Lipinski definition) is 2. The van der Waals surface area contributed by atoms with E-state index in [1.54, 1.807) is 24.4 Å². The highest BCUT2D eigenvalue weighted by molar-refractivity contribution is 9.10. The standard InChI is InChI=1S/C15H15BrN2O3/c16-11-7-9(8-12-14(11)21-6-2-5-20-12)13(19)10-3-1-4-18-15(10)17/h1,3-4,7-8,13,19H,2,5-6H2,(H2,17,18). The van der Waals surface area contributed by atoms with E-state index in [0.29, 0.717) is 41.7 Å². The minimum atomic E-state index is -0.868. The van der Waals surface area contributed by atoms with Crippen molar-refractivity contribution in [2.24, 2.45) is 0 Å². The SMILES string of the molecule is Nc1ncccc1C(O)c1cc(Br)c2c(c1)OCCCO2. The van der Waals surface area contributed by atoms with Gasteiger partial charge in [-0.15, -0.1) is 0 Å². The average molecular weight is 351 g/mol. The van der Waals surface area contributed by atoms with E-state index in [1.165, 1.54) is 0 Å². The maximum absolute atomic E-state index is 10.5. The predicted molar refractivity (Wildman–Crippen MR) is 82.5 cm³/mol. The first-order valence-electron chi connectivity index (χ1n) is 6.64. The number of rotatable bonds is 2. The van der Waals surface area contributed by atoms with Gasteiger partial charge >= 0.3 is 0 Å². The monoisotopic (exact) mass is 350 g/mol. The van der Waals surface area contributed by atoms with Crippen LogP contribution in [0, 0.1) is 0 Å². The maximum Gasteiger partial charge on any atom is 0.175 e. The number of halogens is 1. The normalized spacial score (nSPS) is 15.3. The Labute approximate surface area is 130 Å². The summed E-state index contributed by atoms with van der Waals surface area (Å²) in [5, 5.41) is 10.5. The zero-order valence-electron chi connectivity index (χ0n) is 11.3. The van der Waals surface area contributed by atoms with Gasteiger partial charge in [0, 0.05) is 18.2 Å². The predicted octanol–water partition coefficient (Wildman–Crippen LogP) is 2.67. The molecule has 5 nitrogen and oxygen atoms in total. The number of benzene rings is 1. The van der Waals surface area contributed by atoms with Gasteiger partial charge in [-0.2, -0.15) is 0 Å². The summed E-state index contributed by atoms with van der Waals surface area (Å²) in [7, 11) is 0. The molecule has 1 aromatic heterocycles. The third kappa shape index (κ3) is 2.82. The molecule has 21 heavy (non-hydrogen) atoms. The molecule has 1 aromatic carbocycles. The number of aliphatic hydroxyl groups excluding tert-OH is 1. The van der Waals surface area contributed by atoms with Crippen molar-refractivity contribution in [2.75, 3.05) is 18.9 Å². The van der Waals surface area contributed by atoms with Gasteiger partial charge in [-0.25, -0.2) is 4.98 Å². The summed E-state index contributed by atoms with van der Waals surface area (Å²) >= 11 is 3.46. The summed E-state index contributed by atoms with van der Waals surface area (Å²) < 4.78 is 12.1. The van der Waals surface area contributed by atoms with Crippen molar-refractivity contribution in [2.45, 2.75) is 12.5 Å². The molecule has 1 atom stereocenters.